The van der Waals surface area contributed by atoms with E-state index in [2.05, 4.69) is 5.32 Å². The molecule has 0 heterocycles. The van der Waals surface area contributed by atoms with Gasteiger partial charge < -0.3 is 11.1 Å². The fourth-order valence-electron chi connectivity index (χ4n) is 2.66. The highest BCUT2D eigenvalue weighted by Gasteiger charge is 2.35. The largest absolute Gasteiger partial charge is 0.324 e. The molecule has 1 aromatic carbocycles. The zero-order valence-corrected chi connectivity index (χ0v) is 11.3. The third kappa shape index (κ3) is 2.56. The van der Waals surface area contributed by atoms with E-state index in [9.17, 15) is 4.79 Å². The lowest BCUT2D eigenvalue weighted by Gasteiger charge is -2.32. The number of para-hydroxylation sites is 1. The third-order valence-corrected chi connectivity index (χ3v) is 3.92. The number of aryl methyl sites for hydroxylation is 2. The summed E-state index contributed by atoms with van der Waals surface area (Å²) in [6.45, 7) is 4.01. The van der Waals surface area contributed by atoms with Crippen LogP contribution in [0.5, 0.6) is 0 Å². The minimum atomic E-state index is -0.674. The average molecular weight is 246 g/mol. The normalized spacial score (nSPS) is 18.4. The van der Waals surface area contributed by atoms with E-state index < -0.39 is 5.54 Å². The second-order valence-corrected chi connectivity index (χ2v) is 5.44. The smallest absolute Gasteiger partial charge is 0.244 e. The van der Waals surface area contributed by atoms with Gasteiger partial charge in [-0.1, -0.05) is 37.5 Å². The van der Waals surface area contributed by atoms with Crippen LogP contribution in [0.25, 0.3) is 0 Å². The van der Waals surface area contributed by atoms with Crippen LogP contribution < -0.4 is 11.1 Å². The van der Waals surface area contributed by atoms with Crippen molar-refractivity contribution in [2.75, 3.05) is 5.32 Å². The van der Waals surface area contributed by atoms with Crippen molar-refractivity contribution >= 4 is 11.6 Å². The number of benzene rings is 1. The lowest BCUT2D eigenvalue weighted by atomic mass is 9.82. The van der Waals surface area contributed by atoms with Crippen molar-refractivity contribution in [2.24, 2.45) is 5.73 Å². The maximum atomic E-state index is 12.4. The molecule has 0 unspecified atom stereocenters. The summed E-state index contributed by atoms with van der Waals surface area (Å²) in [6.07, 6.45) is 4.89. The van der Waals surface area contributed by atoms with E-state index >= 15 is 0 Å². The topological polar surface area (TPSA) is 55.1 Å². The van der Waals surface area contributed by atoms with Gasteiger partial charge in [-0.25, -0.2) is 0 Å². The highest BCUT2D eigenvalue weighted by Crippen LogP contribution is 2.28. The van der Waals surface area contributed by atoms with Crippen molar-refractivity contribution in [1.82, 2.24) is 0 Å². The van der Waals surface area contributed by atoms with Gasteiger partial charge in [0, 0.05) is 5.69 Å². The van der Waals surface area contributed by atoms with E-state index in [-0.39, 0.29) is 5.91 Å². The number of hydrogen-bond acceptors (Lipinski definition) is 2. The first-order chi connectivity index (χ1) is 8.53. The minimum absolute atomic E-state index is 0.0281. The van der Waals surface area contributed by atoms with Crippen molar-refractivity contribution in [2.45, 2.75) is 51.5 Å². The third-order valence-electron chi connectivity index (χ3n) is 3.92. The van der Waals surface area contributed by atoms with E-state index in [1.165, 1.54) is 6.42 Å². The summed E-state index contributed by atoms with van der Waals surface area (Å²) in [6, 6.07) is 6.01. The van der Waals surface area contributed by atoms with Crippen molar-refractivity contribution < 1.29 is 4.79 Å². The Balaban J connectivity index is 2.16. The summed E-state index contributed by atoms with van der Waals surface area (Å²) < 4.78 is 0. The summed E-state index contributed by atoms with van der Waals surface area (Å²) in [4.78, 5) is 12.4. The Morgan fingerprint density at radius 3 is 2.28 bits per heavy atom. The second kappa shape index (κ2) is 5.11. The van der Waals surface area contributed by atoms with Crippen LogP contribution in [0.3, 0.4) is 0 Å². The first kappa shape index (κ1) is 13.1. The summed E-state index contributed by atoms with van der Waals surface area (Å²) >= 11 is 0. The summed E-state index contributed by atoms with van der Waals surface area (Å²) in [5, 5.41) is 3.02. The van der Waals surface area contributed by atoms with Gasteiger partial charge in [-0.15, -0.1) is 0 Å². The van der Waals surface area contributed by atoms with Crippen LogP contribution in [-0.4, -0.2) is 11.4 Å². The molecule has 0 spiro atoms. The highest BCUT2D eigenvalue weighted by atomic mass is 16.2. The first-order valence-corrected chi connectivity index (χ1v) is 6.69. The Morgan fingerprint density at radius 1 is 1.17 bits per heavy atom. The molecule has 98 valence electrons. The minimum Gasteiger partial charge on any atom is -0.324 e. The molecular formula is C15H22N2O. The number of rotatable bonds is 2. The molecule has 18 heavy (non-hydrogen) atoms. The molecule has 0 bridgehead atoms. The summed E-state index contributed by atoms with van der Waals surface area (Å²) in [5.74, 6) is -0.0281. The summed E-state index contributed by atoms with van der Waals surface area (Å²) in [7, 11) is 0. The van der Waals surface area contributed by atoms with E-state index in [1.807, 2.05) is 32.0 Å². The average Bonchev–Trinajstić information content (AvgIpc) is 2.34. The number of hydrogen-bond donors (Lipinski definition) is 2. The number of carbonyl (C=O) groups is 1. The van der Waals surface area contributed by atoms with Crippen LogP contribution in [0.4, 0.5) is 5.69 Å². The van der Waals surface area contributed by atoms with Gasteiger partial charge in [-0.3, -0.25) is 4.79 Å². The van der Waals surface area contributed by atoms with Crippen molar-refractivity contribution in [3.05, 3.63) is 29.3 Å². The van der Waals surface area contributed by atoms with Gasteiger partial charge in [0.1, 0.15) is 0 Å². The Hall–Kier alpha value is -1.35. The van der Waals surface area contributed by atoms with Gasteiger partial charge in [0.25, 0.3) is 0 Å². The standard InChI is InChI=1S/C15H22N2O/c1-11-7-6-8-12(2)13(11)17-14(18)15(16)9-4-3-5-10-15/h6-8H,3-5,9-10,16H2,1-2H3,(H,17,18). The van der Waals surface area contributed by atoms with Crippen LogP contribution in [0.15, 0.2) is 18.2 Å². The molecule has 1 fully saturated rings. The molecule has 0 aliphatic heterocycles. The molecule has 2 rings (SSSR count). The van der Waals surface area contributed by atoms with Gasteiger partial charge in [-0.05, 0) is 37.8 Å². The van der Waals surface area contributed by atoms with Crippen LogP contribution in [-0.2, 0) is 4.79 Å². The lowest BCUT2D eigenvalue weighted by Crippen LogP contribution is -2.52. The SMILES string of the molecule is Cc1cccc(C)c1NC(=O)C1(N)CCCCC1. The fraction of sp³-hybridized carbons (Fsp3) is 0.533. The van der Waals surface area contributed by atoms with Gasteiger partial charge in [-0.2, -0.15) is 0 Å². The molecule has 0 atom stereocenters. The number of anilines is 1. The highest BCUT2D eigenvalue weighted by molar-refractivity contribution is 5.99. The molecule has 3 N–H and O–H groups in total. The number of nitrogens with one attached hydrogen (secondary N) is 1. The molecule has 1 saturated carbocycles. The predicted octanol–water partition coefficient (Wildman–Crippen LogP) is 2.90. The molecule has 3 heteroatoms. The van der Waals surface area contributed by atoms with Gasteiger partial charge in [0.05, 0.1) is 5.54 Å². The van der Waals surface area contributed by atoms with E-state index in [0.717, 1.165) is 42.5 Å². The molecule has 1 aliphatic rings. The van der Waals surface area contributed by atoms with Gasteiger partial charge >= 0.3 is 0 Å². The molecule has 0 aromatic heterocycles. The quantitative estimate of drug-likeness (QED) is 0.843. The number of amides is 1. The second-order valence-electron chi connectivity index (χ2n) is 5.44. The zero-order valence-electron chi connectivity index (χ0n) is 11.3. The zero-order chi connectivity index (χ0) is 13.2. The van der Waals surface area contributed by atoms with Crippen molar-refractivity contribution in [3.8, 4) is 0 Å². The van der Waals surface area contributed by atoms with E-state index in [0.29, 0.717) is 0 Å². The van der Waals surface area contributed by atoms with Crippen LogP contribution in [0.1, 0.15) is 43.2 Å². The van der Waals surface area contributed by atoms with Crippen LogP contribution >= 0.6 is 0 Å². The molecule has 0 saturated heterocycles. The van der Waals surface area contributed by atoms with Crippen LogP contribution in [0, 0.1) is 13.8 Å². The predicted molar refractivity (Wildman–Crippen MR) is 74.5 cm³/mol. The molecule has 0 radical (unpaired) electrons. The molecule has 3 nitrogen and oxygen atoms in total. The Morgan fingerprint density at radius 2 is 1.72 bits per heavy atom. The molecular weight excluding hydrogens is 224 g/mol. The van der Waals surface area contributed by atoms with E-state index in [1.54, 1.807) is 0 Å². The Kier molecular flexibility index (Phi) is 3.71. The first-order valence-electron chi connectivity index (χ1n) is 6.69. The maximum Gasteiger partial charge on any atom is 0.244 e. The van der Waals surface area contributed by atoms with Crippen LogP contribution in [0.2, 0.25) is 0 Å². The summed E-state index contributed by atoms with van der Waals surface area (Å²) in [5.41, 5.74) is 8.65. The molecule has 1 aliphatic carbocycles. The Bertz CT molecular complexity index is 428. The van der Waals surface area contributed by atoms with Gasteiger partial charge in [0.15, 0.2) is 0 Å². The fourth-order valence-corrected chi connectivity index (χ4v) is 2.66. The lowest BCUT2D eigenvalue weighted by molar-refractivity contribution is -0.122. The van der Waals surface area contributed by atoms with Crippen molar-refractivity contribution in [1.29, 1.82) is 0 Å². The monoisotopic (exact) mass is 246 g/mol. The number of carbonyl (C=O) groups excluding carboxylic acids is 1. The Labute approximate surface area is 109 Å². The maximum absolute atomic E-state index is 12.4. The molecule has 1 amide bonds. The van der Waals surface area contributed by atoms with E-state index in [4.69, 9.17) is 5.73 Å². The number of nitrogens with two attached hydrogens (primary N) is 1. The molecule has 1 aromatic rings. The van der Waals surface area contributed by atoms with Gasteiger partial charge in [0.2, 0.25) is 5.91 Å². The van der Waals surface area contributed by atoms with Crippen molar-refractivity contribution in [3.63, 3.8) is 0 Å².